The van der Waals surface area contributed by atoms with E-state index in [0.717, 1.165) is 0 Å². The third-order valence-electron chi connectivity index (χ3n) is 1.79. The van der Waals surface area contributed by atoms with Crippen molar-refractivity contribution in [3.8, 4) is 0 Å². The fourth-order valence-electron chi connectivity index (χ4n) is 1.16. The molecule has 1 radical (unpaired) electrons. The van der Waals surface area contributed by atoms with Gasteiger partial charge in [-0.3, -0.25) is 0 Å². The molecular weight excluding hydrogens is 370 g/mol. The van der Waals surface area contributed by atoms with Crippen LogP contribution in [0.25, 0.3) is 0 Å². The zero-order valence-electron chi connectivity index (χ0n) is 8.11. The van der Waals surface area contributed by atoms with Crippen molar-refractivity contribution in [1.82, 2.24) is 0 Å². The minimum absolute atomic E-state index is 0.972. The Morgan fingerprint density at radius 3 is 2.31 bits per heavy atom. The van der Waals surface area contributed by atoms with Gasteiger partial charge in [0.15, 0.2) is 0 Å². The monoisotopic (exact) mass is 385 g/mol. The molecule has 0 saturated carbocycles. The van der Waals surface area contributed by atoms with Crippen molar-refractivity contribution in [3.63, 3.8) is 0 Å². The van der Waals surface area contributed by atoms with Crippen LogP contribution in [0.3, 0.4) is 0 Å². The van der Waals surface area contributed by atoms with E-state index in [1.165, 1.54) is 30.8 Å². The van der Waals surface area contributed by atoms with Crippen molar-refractivity contribution in [2.75, 3.05) is 0 Å². The molecule has 0 aromatic rings. The van der Waals surface area contributed by atoms with Gasteiger partial charge in [0.05, 0.1) is 0 Å². The molecule has 0 spiro atoms. The van der Waals surface area contributed by atoms with Crippen LogP contribution in [0.5, 0.6) is 0 Å². The molecule has 0 saturated heterocycles. The van der Waals surface area contributed by atoms with E-state index in [9.17, 15) is 0 Å². The number of allylic oxidation sites excluding steroid dienone is 4. The number of hydrogen-bond acceptors (Lipinski definition) is 0. The van der Waals surface area contributed by atoms with E-state index in [0.29, 0.717) is 0 Å². The summed E-state index contributed by atoms with van der Waals surface area (Å²) >= 11 is -0.972. The Morgan fingerprint density at radius 2 is 1.92 bits per heavy atom. The van der Waals surface area contributed by atoms with E-state index in [2.05, 4.69) is 32.1 Å². The Balaban J connectivity index is 0.000000424. The van der Waals surface area contributed by atoms with Crippen LogP contribution in [0, 0.1) is 5.92 Å². The summed E-state index contributed by atoms with van der Waals surface area (Å²) in [5.41, 5.74) is 1.50. The maximum atomic E-state index is 4.96. The Morgan fingerprint density at radius 1 is 1.31 bits per heavy atom. The number of rotatable bonds is 3. The standard InChI is InChI=1S/C10H15.2ClH.Hf/c1-3-4-5-10-7-6-9(2)8-10;;;/h6-8H,3-5H2,1-2H3;2*1H;/q;;;+2/p-2. The topological polar surface area (TPSA) is 0 Å². The van der Waals surface area contributed by atoms with Gasteiger partial charge in [-0.05, 0) is 12.8 Å². The Labute approximate surface area is 99.9 Å². The van der Waals surface area contributed by atoms with Crippen molar-refractivity contribution in [2.24, 2.45) is 0 Å². The second-order valence-electron chi connectivity index (χ2n) is 2.97. The minimum atomic E-state index is -0.972. The molecule has 1 aliphatic rings. The molecule has 1 rings (SSSR count). The average Bonchev–Trinajstić information content (AvgIpc) is 2.49. The quantitative estimate of drug-likeness (QED) is 0.622. The van der Waals surface area contributed by atoms with Crippen LogP contribution in [0.1, 0.15) is 33.1 Å². The molecule has 0 unspecified atom stereocenters. The SMILES string of the molecule is CCCCC1=C[C](C)C=C1.[Cl][Hf][Cl]. The first-order valence-corrected chi connectivity index (χ1v) is 13.3. The van der Waals surface area contributed by atoms with Crippen LogP contribution in [0.15, 0.2) is 23.8 Å². The van der Waals surface area contributed by atoms with E-state index in [-0.39, 0.29) is 0 Å². The van der Waals surface area contributed by atoms with E-state index in [4.69, 9.17) is 17.2 Å². The van der Waals surface area contributed by atoms with Gasteiger partial charge in [-0.1, -0.05) is 44.1 Å². The summed E-state index contributed by atoms with van der Waals surface area (Å²) in [6, 6.07) is 0. The normalized spacial score (nSPS) is 14.9. The van der Waals surface area contributed by atoms with Gasteiger partial charge in [-0.2, -0.15) is 0 Å². The molecule has 0 aromatic heterocycles. The number of halogens is 2. The Hall–Kier alpha value is 0.930. The molecule has 1 aliphatic carbocycles. The molecule has 0 amide bonds. The molecule has 0 atom stereocenters. The second-order valence-corrected chi connectivity index (χ2v) is 8.16. The van der Waals surface area contributed by atoms with Gasteiger partial charge in [0.25, 0.3) is 0 Å². The Kier molecular flexibility index (Phi) is 10.2. The van der Waals surface area contributed by atoms with E-state index >= 15 is 0 Å². The molecule has 0 N–H and O–H groups in total. The summed E-state index contributed by atoms with van der Waals surface area (Å²) < 4.78 is 0. The molecule has 13 heavy (non-hydrogen) atoms. The molecular formula is C10H15Cl2Hf. The van der Waals surface area contributed by atoms with Crippen LogP contribution < -0.4 is 0 Å². The van der Waals surface area contributed by atoms with Gasteiger partial charge in [0, 0.05) is 5.92 Å². The first-order valence-electron chi connectivity index (χ1n) is 4.43. The van der Waals surface area contributed by atoms with Gasteiger partial charge in [-0.15, -0.1) is 0 Å². The Bertz CT molecular complexity index is 176. The third kappa shape index (κ3) is 7.96. The van der Waals surface area contributed by atoms with Crippen LogP contribution in [-0.4, -0.2) is 0 Å². The number of unbranched alkanes of at least 4 members (excludes halogenated alkanes) is 1. The first-order chi connectivity index (χ1) is 6.24. The van der Waals surface area contributed by atoms with E-state index < -0.39 is 20.5 Å². The van der Waals surface area contributed by atoms with Crippen LogP contribution >= 0.6 is 17.2 Å². The molecule has 73 valence electrons. The molecule has 0 bridgehead atoms. The summed E-state index contributed by atoms with van der Waals surface area (Å²) in [5, 5.41) is 0. The summed E-state index contributed by atoms with van der Waals surface area (Å²) in [5.74, 6) is 1.39. The summed E-state index contributed by atoms with van der Waals surface area (Å²) in [6.45, 7) is 4.38. The molecule has 0 aromatic carbocycles. The van der Waals surface area contributed by atoms with Crippen molar-refractivity contribution >= 4 is 17.2 Å². The van der Waals surface area contributed by atoms with Crippen molar-refractivity contribution < 1.29 is 20.5 Å². The summed E-state index contributed by atoms with van der Waals surface area (Å²) in [7, 11) is 9.92. The summed E-state index contributed by atoms with van der Waals surface area (Å²) in [6.07, 6.45) is 10.6. The molecule has 0 heterocycles. The zero-order chi connectivity index (χ0) is 10.1. The predicted molar refractivity (Wildman–Crippen MR) is 57.4 cm³/mol. The summed E-state index contributed by atoms with van der Waals surface area (Å²) in [4.78, 5) is 0. The van der Waals surface area contributed by atoms with E-state index in [1.54, 1.807) is 0 Å². The van der Waals surface area contributed by atoms with Crippen LogP contribution in [-0.2, 0) is 20.5 Å². The number of hydrogen-bond donors (Lipinski definition) is 0. The molecule has 3 heteroatoms. The predicted octanol–water partition coefficient (Wildman–Crippen LogP) is 4.64. The second kappa shape index (κ2) is 9.48. The molecule has 0 fully saturated rings. The van der Waals surface area contributed by atoms with Gasteiger partial charge in [0.2, 0.25) is 0 Å². The van der Waals surface area contributed by atoms with Crippen molar-refractivity contribution in [1.29, 1.82) is 0 Å². The first kappa shape index (κ1) is 13.9. The molecule has 0 aliphatic heterocycles. The van der Waals surface area contributed by atoms with Gasteiger partial charge in [-0.25, -0.2) is 0 Å². The van der Waals surface area contributed by atoms with Crippen LogP contribution in [0.2, 0.25) is 0 Å². The van der Waals surface area contributed by atoms with Gasteiger partial charge in [0.1, 0.15) is 0 Å². The van der Waals surface area contributed by atoms with Gasteiger partial charge >= 0.3 is 37.7 Å². The van der Waals surface area contributed by atoms with Crippen LogP contribution in [0.4, 0.5) is 0 Å². The average molecular weight is 385 g/mol. The molecule has 0 nitrogen and oxygen atoms in total. The third-order valence-corrected chi connectivity index (χ3v) is 1.79. The fourth-order valence-corrected chi connectivity index (χ4v) is 1.16. The zero-order valence-corrected chi connectivity index (χ0v) is 13.2. The fraction of sp³-hybridized carbons (Fsp3) is 0.500. The van der Waals surface area contributed by atoms with Crippen molar-refractivity contribution in [3.05, 3.63) is 29.7 Å². The van der Waals surface area contributed by atoms with Gasteiger partial charge < -0.3 is 0 Å². The van der Waals surface area contributed by atoms with E-state index in [1.807, 2.05) is 0 Å². The maximum absolute atomic E-state index is 4.96. The van der Waals surface area contributed by atoms with Crippen molar-refractivity contribution in [2.45, 2.75) is 33.1 Å².